The molecule has 0 saturated carbocycles. The van der Waals surface area contributed by atoms with Crippen LogP contribution >= 0.6 is 0 Å². The van der Waals surface area contributed by atoms with Crippen molar-refractivity contribution in [1.29, 1.82) is 0 Å². The molecule has 2 rings (SSSR count). The van der Waals surface area contributed by atoms with Crippen molar-refractivity contribution in [3.05, 3.63) is 0 Å². The van der Waals surface area contributed by atoms with Gasteiger partial charge in [-0.05, 0) is 5.41 Å². The number of nitrogens with one attached hydrogen (secondary N) is 1. The molecule has 0 aliphatic carbocycles. The van der Waals surface area contributed by atoms with Gasteiger partial charge < -0.3 is 10.2 Å². The Labute approximate surface area is 104 Å². The van der Waals surface area contributed by atoms with Gasteiger partial charge in [0, 0.05) is 51.7 Å². The summed E-state index contributed by atoms with van der Waals surface area (Å²) in [6, 6.07) is 0.717. The first-order valence-electron chi connectivity index (χ1n) is 6.68. The molecule has 0 aromatic heterocycles. The van der Waals surface area contributed by atoms with Crippen LogP contribution in [0.4, 0.5) is 0 Å². The number of hydrogen-bond acceptors (Lipinski definition) is 3. The maximum absolute atomic E-state index is 12.1. The van der Waals surface area contributed by atoms with Crippen LogP contribution in [-0.2, 0) is 4.79 Å². The van der Waals surface area contributed by atoms with Gasteiger partial charge in [0.2, 0.25) is 5.91 Å². The Morgan fingerprint density at radius 2 is 1.76 bits per heavy atom. The molecule has 0 spiro atoms. The van der Waals surface area contributed by atoms with Crippen molar-refractivity contribution < 1.29 is 4.79 Å². The minimum absolute atomic E-state index is 0.103. The van der Waals surface area contributed by atoms with Gasteiger partial charge in [-0.1, -0.05) is 20.8 Å². The van der Waals surface area contributed by atoms with E-state index in [-0.39, 0.29) is 5.41 Å². The molecule has 2 aliphatic rings. The Hall–Kier alpha value is -0.610. The second kappa shape index (κ2) is 4.94. The van der Waals surface area contributed by atoms with E-state index in [1.165, 1.54) is 0 Å². The Balaban J connectivity index is 1.76. The van der Waals surface area contributed by atoms with E-state index < -0.39 is 0 Å². The summed E-state index contributed by atoms with van der Waals surface area (Å²) in [6.07, 6.45) is 0.665. The molecule has 2 fully saturated rings. The lowest BCUT2D eigenvalue weighted by atomic mass is 9.91. The number of carbonyl (C=O) groups excluding carboxylic acids is 1. The zero-order chi connectivity index (χ0) is 12.5. The van der Waals surface area contributed by atoms with Gasteiger partial charge >= 0.3 is 0 Å². The maximum Gasteiger partial charge on any atom is 0.223 e. The van der Waals surface area contributed by atoms with Crippen molar-refractivity contribution in [2.45, 2.75) is 33.2 Å². The largest absolute Gasteiger partial charge is 0.340 e. The Kier molecular flexibility index (Phi) is 3.73. The van der Waals surface area contributed by atoms with Crippen LogP contribution in [0.5, 0.6) is 0 Å². The summed E-state index contributed by atoms with van der Waals surface area (Å²) in [5.74, 6) is 0.323. The van der Waals surface area contributed by atoms with Crippen molar-refractivity contribution >= 4 is 5.91 Å². The molecule has 0 bridgehead atoms. The summed E-state index contributed by atoms with van der Waals surface area (Å²) in [6.45, 7) is 12.5. The predicted molar refractivity (Wildman–Crippen MR) is 68.9 cm³/mol. The van der Waals surface area contributed by atoms with Gasteiger partial charge in [-0.25, -0.2) is 0 Å². The topological polar surface area (TPSA) is 35.6 Å². The minimum atomic E-state index is 0.103. The summed E-state index contributed by atoms with van der Waals surface area (Å²) >= 11 is 0. The third-order valence-electron chi connectivity index (χ3n) is 3.62. The first-order valence-corrected chi connectivity index (χ1v) is 6.68. The van der Waals surface area contributed by atoms with Crippen LogP contribution in [0.3, 0.4) is 0 Å². The van der Waals surface area contributed by atoms with Crippen LogP contribution in [0, 0.1) is 5.41 Å². The van der Waals surface area contributed by atoms with Crippen LogP contribution in [0.2, 0.25) is 0 Å². The highest BCUT2D eigenvalue weighted by molar-refractivity contribution is 5.76. The van der Waals surface area contributed by atoms with Gasteiger partial charge in [0.1, 0.15) is 0 Å². The third-order valence-corrected chi connectivity index (χ3v) is 3.62. The normalized spacial score (nSPS) is 23.6. The van der Waals surface area contributed by atoms with Gasteiger partial charge in [-0.15, -0.1) is 0 Å². The second-order valence-electron chi connectivity index (χ2n) is 6.47. The van der Waals surface area contributed by atoms with Gasteiger partial charge in [-0.3, -0.25) is 9.69 Å². The summed E-state index contributed by atoms with van der Waals surface area (Å²) < 4.78 is 0. The van der Waals surface area contributed by atoms with Gasteiger partial charge in [0.25, 0.3) is 0 Å². The molecule has 17 heavy (non-hydrogen) atoms. The molecule has 2 saturated heterocycles. The van der Waals surface area contributed by atoms with E-state index >= 15 is 0 Å². The molecule has 2 heterocycles. The van der Waals surface area contributed by atoms with E-state index in [1.54, 1.807) is 0 Å². The number of rotatable bonds is 2. The smallest absolute Gasteiger partial charge is 0.223 e. The molecule has 0 atom stereocenters. The molecule has 0 radical (unpaired) electrons. The summed E-state index contributed by atoms with van der Waals surface area (Å²) in [4.78, 5) is 16.6. The Morgan fingerprint density at radius 1 is 1.18 bits per heavy atom. The molecule has 4 heteroatoms. The molecule has 98 valence electrons. The van der Waals surface area contributed by atoms with Crippen LogP contribution in [-0.4, -0.2) is 61.0 Å². The highest BCUT2D eigenvalue weighted by atomic mass is 16.2. The van der Waals surface area contributed by atoms with Crippen molar-refractivity contribution in [1.82, 2.24) is 15.1 Å². The monoisotopic (exact) mass is 239 g/mol. The highest BCUT2D eigenvalue weighted by Crippen LogP contribution is 2.20. The van der Waals surface area contributed by atoms with Crippen molar-refractivity contribution in [2.24, 2.45) is 5.41 Å². The fourth-order valence-corrected chi connectivity index (χ4v) is 2.43. The average Bonchev–Trinajstić information content (AvgIpc) is 2.13. The van der Waals surface area contributed by atoms with Crippen LogP contribution in [0.1, 0.15) is 27.2 Å². The summed E-state index contributed by atoms with van der Waals surface area (Å²) in [5, 5.41) is 3.30. The SMILES string of the molecule is CC(C)(C)CC(=O)N1CCN(C2CNC2)CC1. The molecular weight excluding hydrogens is 214 g/mol. The number of hydrogen-bond donors (Lipinski definition) is 1. The number of piperazine rings is 1. The lowest BCUT2D eigenvalue weighted by molar-refractivity contribution is -0.135. The molecule has 0 aromatic carbocycles. The van der Waals surface area contributed by atoms with Gasteiger partial charge in [0.15, 0.2) is 0 Å². The standard InChI is InChI=1S/C13H25N3O/c1-13(2,3)8-12(17)16-6-4-15(5-7-16)11-9-14-10-11/h11,14H,4-10H2,1-3H3. The quantitative estimate of drug-likeness (QED) is 0.764. The van der Waals surface area contributed by atoms with Crippen LogP contribution in [0.15, 0.2) is 0 Å². The van der Waals surface area contributed by atoms with Gasteiger partial charge in [-0.2, -0.15) is 0 Å². The van der Waals surface area contributed by atoms with E-state index in [9.17, 15) is 4.79 Å². The number of nitrogens with zero attached hydrogens (tertiary/aromatic N) is 2. The molecule has 4 nitrogen and oxygen atoms in total. The van der Waals surface area contributed by atoms with E-state index in [0.29, 0.717) is 12.3 Å². The fourth-order valence-electron chi connectivity index (χ4n) is 2.43. The van der Waals surface area contributed by atoms with Gasteiger partial charge in [0.05, 0.1) is 0 Å². The first kappa shape index (κ1) is 12.8. The zero-order valence-electron chi connectivity index (χ0n) is 11.3. The molecule has 0 aromatic rings. The van der Waals surface area contributed by atoms with E-state index in [2.05, 4.69) is 31.0 Å². The predicted octanol–water partition coefficient (Wildman–Crippen LogP) is 0.539. The molecule has 1 amide bonds. The van der Waals surface area contributed by atoms with Crippen LogP contribution < -0.4 is 5.32 Å². The first-order chi connectivity index (χ1) is 7.96. The molecular formula is C13H25N3O. The number of carbonyl (C=O) groups is 1. The summed E-state index contributed by atoms with van der Waals surface area (Å²) in [7, 11) is 0. The van der Waals surface area contributed by atoms with Crippen molar-refractivity contribution in [3.63, 3.8) is 0 Å². The van der Waals surface area contributed by atoms with Crippen LogP contribution in [0.25, 0.3) is 0 Å². The summed E-state index contributed by atoms with van der Waals surface area (Å²) in [5.41, 5.74) is 0.103. The second-order valence-corrected chi connectivity index (χ2v) is 6.47. The van der Waals surface area contributed by atoms with E-state index in [4.69, 9.17) is 0 Å². The number of amides is 1. The van der Waals surface area contributed by atoms with Crippen molar-refractivity contribution in [2.75, 3.05) is 39.3 Å². The lowest BCUT2D eigenvalue weighted by Gasteiger charge is -2.43. The van der Waals surface area contributed by atoms with Crippen molar-refractivity contribution in [3.8, 4) is 0 Å². The molecule has 1 N–H and O–H groups in total. The zero-order valence-corrected chi connectivity index (χ0v) is 11.3. The Morgan fingerprint density at radius 3 is 2.18 bits per heavy atom. The Bertz CT molecular complexity index is 273. The minimum Gasteiger partial charge on any atom is -0.340 e. The molecule has 2 aliphatic heterocycles. The average molecular weight is 239 g/mol. The highest BCUT2D eigenvalue weighted by Gasteiger charge is 2.30. The van der Waals surface area contributed by atoms with E-state index in [1.807, 2.05) is 4.90 Å². The molecule has 0 unspecified atom stereocenters. The lowest BCUT2D eigenvalue weighted by Crippen LogP contribution is -2.62. The third kappa shape index (κ3) is 3.42. The fraction of sp³-hybridized carbons (Fsp3) is 0.923. The maximum atomic E-state index is 12.1. The van der Waals surface area contributed by atoms with E-state index in [0.717, 1.165) is 45.3 Å².